The molecule has 1 heterocycles. The molecule has 3 nitrogen and oxygen atoms in total. The van der Waals surface area contributed by atoms with Crippen molar-refractivity contribution >= 4 is 21.7 Å². The highest BCUT2D eigenvalue weighted by atomic mass is 79.9. The van der Waals surface area contributed by atoms with E-state index in [0.29, 0.717) is 6.61 Å². The summed E-state index contributed by atoms with van der Waals surface area (Å²) in [6.07, 6.45) is 2.09. The average molecular weight is 273 g/mol. The van der Waals surface area contributed by atoms with Crippen molar-refractivity contribution in [2.45, 2.75) is 26.9 Å². The van der Waals surface area contributed by atoms with Crippen LogP contribution in [0, 0.1) is 6.92 Å². The summed E-state index contributed by atoms with van der Waals surface area (Å²) in [5.74, 6) is 0.892. The van der Waals surface area contributed by atoms with E-state index in [1.165, 1.54) is 5.56 Å². The van der Waals surface area contributed by atoms with Crippen LogP contribution in [0.5, 0.6) is 0 Å². The Morgan fingerprint density at radius 1 is 1.53 bits per heavy atom. The summed E-state index contributed by atoms with van der Waals surface area (Å²) in [4.78, 5) is 4.24. The molecule has 0 radical (unpaired) electrons. The maximum absolute atomic E-state index is 5.42. The van der Waals surface area contributed by atoms with Gasteiger partial charge in [-0.2, -0.15) is 0 Å². The molecule has 0 aliphatic rings. The predicted molar refractivity (Wildman–Crippen MR) is 66.3 cm³/mol. The Morgan fingerprint density at radius 2 is 2.27 bits per heavy atom. The molecule has 4 heteroatoms. The third kappa shape index (κ3) is 4.62. The molecule has 0 aromatic carbocycles. The van der Waals surface area contributed by atoms with Gasteiger partial charge in [-0.25, -0.2) is 4.98 Å². The molecule has 0 atom stereocenters. The largest absolute Gasteiger partial charge is 0.377 e. The Hall–Kier alpha value is -0.610. The molecule has 1 rings (SSSR count). The number of hydrogen-bond donors (Lipinski definition) is 1. The van der Waals surface area contributed by atoms with Crippen LogP contribution in [-0.2, 0) is 4.74 Å². The van der Waals surface area contributed by atoms with E-state index in [1.807, 2.05) is 26.8 Å². The van der Waals surface area contributed by atoms with Gasteiger partial charge in [0.1, 0.15) is 5.82 Å². The van der Waals surface area contributed by atoms with Gasteiger partial charge in [-0.3, -0.25) is 0 Å². The molecule has 0 spiro atoms. The van der Waals surface area contributed by atoms with Crippen LogP contribution in [0.15, 0.2) is 16.7 Å². The molecule has 0 saturated carbocycles. The van der Waals surface area contributed by atoms with Crippen molar-refractivity contribution in [1.82, 2.24) is 4.98 Å². The first-order valence-electron chi connectivity index (χ1n) is 5.07. The monoisotopic (exact) mass is 272 g/mol. The fourth-order valence-corrected chi connectivity index (χ4v) is 1.33. The Labute approximate surface area is 99.4 Å². The van der Waals surface area contributed by atoms with Crippen LogP contribution >= 0.6 is 15.9 Å². The highest BCUT2D eigenvalue weighted by molar-refractivity contribution is 9.10. The van der Waals surface area contributed by atoms with Crippen molar-refractivity contribution in [3.05, 3.63) is 22.3 Å². The van der Waals surface area contributed by atoms with Crippen molar-refractivity contribution in [1.29, 1.82) is 0 Å². The van der Waals surface area contributed by atoms with E-state index < -0.39 is 0 Å². The summed E-state index contributed by atoms with van der Waals surface area (Å²) in [7, 11) is 0. The van der Waals surface area contributed by atoms with E-state index in [0.717, 1.165) is 16.8 Å². The summed E-state index contributed by atoms with van der Waals surface area (Å²) in [5, 5.41) is 3.21. The molecule has 84 valence electrons. The number of pyridine rings is 1. The molecule has 0 amide bonds. The first kappa shape index (κ1) is 12.5. The number of nitrogens with one attached hydrogen (secondary N) is 1. The molecule has 0 bridgehead atoms. The van der Waals surface area contributed by atoms with Gasteiger partial charge in [0.2, 0.25) is 0 Å². The van der Waals surface area contributed by atoms with Crippen molar-refractivity contribution in [3.8, 4) is 0 Å². The molecule has 0 aliphatic carbocycles. The molecular formula is C11H17BrN2O. The SMILES string of the molecule is Cc1cc(NCCOC(C)C)ncc1Br. The van der Waals surface area contributed by atoms with Crippen LogP contribution in [0.25, 0.3) is 0 Å². The summed E-state index contributed by atoms with van der Waals surface area (Å²) in [5.41, 5.74) is 1.18. The van der Waals surface area contributed by atoms with E-state index >= 15 is 0 Å². The Bertz CT molecular complexity index is 315. The first-order valence-corrected chi connectivity index (χ1v) is 5.86. The zero-order valence-electron chi connectivity index (χ0n) is 9.38. The lowest BCUT2D eigenvalue weighted by atomic mass is 10.3. The maximum atomic E-state index is 5.42. The van der Waals surface area contributed by atoms with Gasteiger partial charge in [0.05, 0.1) is 12.7 Å². The smallest absolute Gasteiger partial charge is 0.126 e. The number of hydrogen-bond acceptors (Lipinski definition) is 3. The van der Waals surface area contributed by atoms with Gasteiger partial charge < -0.3 is 10.1 Å². The van der Waals surface area contributed by atoms with Gasteiger partial charge in [0.25, 0.3) is 0 Å². The van der Waals surface area contributed by atoms with E-state index in [9.17, 15) is 0 Å². The molecular weight excluding hydrogens is 256 g/mol. The maximum Gasteiger partial charge on any atom is 0.126 e. The number of ether oxygens (including phenoxy) is 1. The molecule has 15 heavy (non-hydrogen) atoms. The molecule has 1 aromatic rings. The average Bonchev–Trinajstić information content (AvgIpc) is 2.18. The third-order valence-corrected chi connectivity index (χ3v) is 2.74. The highest BCUT2D eigenvalue weighted by Crippen LogP contribution is 2.16. The van der Waals surface area contributed by atoms with Gasteiger partial charge in [-0.15, -0.1) is 0 Å². The number of rotatable bonds is 5. The van der Waals surface area contributed by atoms with Gasteiger partial charge >= 0.3 is 0 Å². The summed E-state index contributed by atoms with van der Waals surface area (Å²) >= 11 is 3.42. The molecule has 0 fully saturated rings. The zero-order chi connectivity index (χ0) is 11.3. The number of aryl methyl sites for hydroxylation is 1. The van der Waals surface area contributed by atoms with Crippen molar-refractivity contribution in [2.75, 3.05) is 18.5 Å². The highest BCUT2D eigenvalue weighted by Gasteiger charge is 1.98. The molecule has 0 saturated heterocycles. The quantitative estimate of drug-likeness (QED) is 0.837. The minimum absolute atomic E-state index is 0.284. The molecule has 1 aromatic heterocycles. The van der Waals surface area contributed by atoms with Crippen molar-refractivity contribution < 1.29 is 4.74 Å². The van der Waals surface area contributed by atoms with Crippen molar-refractivity contribution in [3.63, 3.8) is 0 Å². The lowest BCUT2D eigenvalue weighted by molar-refractivity contribution is 0.0870. The normalized spacial score (nSPS) is 10.7. The lowest BCUT2D eigenvalue weighted by Gasteiger charge is -2.09. The second-order valence-corrected chi connectivity index (χ2v) is 4.52. The lowest BCUT2D eigenvalue weighted by Crippen LogP contribution is -2.13. The van der Waals surface area contributed by atoms with E-state index in [-0.39, 0.29) is 6.10 Å². The number of aromatic nitrogens is 1. The summed E-state index contributed by atoms with van der Waals surface area (Å²) in [6, 6.07) is 2.01. The van der Waals surface area contributed by atoms with Crippen LogP contribution in [0.2, 0.25) is 0 Å². The van der Waals surface area contributed by atoms with Gasteiger partial charge in [0.15, 0.2) is 0 Å². The van der Waals surface area contributed by atoms with E-state index in [2.05, 4.69) is 26.2 Å². The fraction of sp³-hybridized carbons (Fsp3) is 0.545. The number of halogens is 1. The second-order valence-electron chi connectivity index (χ2n) is 3.67. The number of nitrogens with zero attached hydrogens (tertiary/aromatic N) is 1. The minimum Gasteiger partial charge on any atom is -0.377 e. The first-order chi connectivity index (χ1) is 7.09. The second kappa shape index (κ2) is 6.08. The molecule has 1 N–H and O–H groups in total. The van der Waals surface area contributed by atoms with Crippen LogP contribution in [0.4, 0.5) is 5.82 Å². The van der Waals surface area contributed by atoms with Crippen LogP contribution in [0.3, 0.4) is 0 Å². The van der Waals surface area contributed by atoms with Crippen molar-refractivity contribution in [2.24, 2.45) is 0 Å². The zero-order valence-corrected chi connectivity index (χ0v) is 11.0. The predicted octanol–water partition coefficient (Wildman–Crippen LogP) is 2.99. The number of anilines is 1. The summed E-state index contributed by atoms with van der Waals surface area (Å²) in [6.45, 7) is 7.59. The van der Waals surface area contributed by atoms with E-state index in [1.54, 1.807) is 6.20 Å². The Balaban J connectivity index is 2.35. The molecule has 0 aliphatic heterocycles. The van der Waals surface area contributed by atoms with Crippen LogP contribution in [-0.4, -0.2) is 24.2 Å². The summed E-state index contributed by atoms with van der Waals surface area (Å²) < 4.78 is 6.45. The van der Waals surface area contributed by atoms with Gasteiger partial charge in [0, 0.05) is 17.2 Å². The minimum atomic E-state index is 0.284. The van der Waals surface area contributed by atoms with Gasteiger partial charge in [-0.1, -0.05) is 0 Å². The van der Waals surface area contributed by atoms with E-state index in [4.69, 9.17) is 4.74 Å². The standard InChI is InChI=1S/C11H17BrN2O/c1-8(2)15-5-4-13-11-6-9(3)10(12)7-14-11/h6-8H,4-5H2,1-3H3,(H,13,14). The Morgan fingerprint density at radius 3 is 2.87 bits per heavy atom. The van der Waals surface area contributed by atoms with Crippen LogP contribution < -0.4 is 5.32 Å². The topological polar surface area (TPSA) is 34.1 Å². The van der Waals surface area contributed by atoms with Crippen LogP contribution in [0.1, 0.15) is 19.4 Å². The van der Waals surface area contributed by atoms with Gasteiger partial charge in [-0.05, 0) is 48.3 Å². The Kier molecular flexibility index (Phi) is 5.05. The fourth-order valence-electron chi connectivity index (χ4n) is 1.11. The third-order valence-electron chi connectivity index (χ3n) is 1.91. The molecule has 0 unspecified atom stereocenters.